The summed E-state index contributed by atoms with van der Waals surface area (Å²) in [6.45, 7) is 0.405. The zero-order valence-corrected chi connectivity index (χ0v) is 7.21. The van der Waals surface area contributed by atoms with E-state index in [1.807, 2.05) is 0 Å². The maximum Gasteiger partial charge on any atom is 0.168 e. The van der Waals surface area contributed by atoms with E-state index in [1.165, 1.54) is 13.2 Å². The molecule has 0 bridgehead atoms. The molecule has 1 atom stereocenters. The van der Waals surface area contributed by atoms with E-state index in [-0.39, 0.29) is 11.8 Å². The quantitative estimate of drug-likeness (QED) is 0.712. The average Bonchev–Trinajstić information content (AvgIpc) is 2.46. The molecule has 1 aromatic carbocycles. The van der Waals surface area contributed by atoms with Crippen molar-refractivity contribution in [1.82, 2.24) is 0 Å². The molecule has 0 spiro atoms. The molecular formula is C9H10FNO2. The van der Waals surface area contributed by atoms with Crippen molar-refractivity contribution < 1.29 is 13.9 Å². The summed E-state index contributed by atoms with van der Waals surface area (Å²) in [6.07, 6.45) is 0. The van der Waals surface area contributed by atoms with Gasteiger partial charge in [0.2, 0.25) is 0 Å². The molecule has 0 saturated carbocycles. The summed E-state index contributed by atoms with van der Waals surface area (Å²) in [5.74, 6) is 0.306. The Kier molecular flexibility index (Phi) is 1.84. The molecule has 0 aliphatic carbocycles. The minimum atomic E-state index is -0.421. The molecule has 0 radical (unpaired) electrons. The number of nitrogens with two attached hydrogens (primary N) is 1. The Morgan fingerprint density at radius 2 is 2.38 bits per heavy atom. The molecule has 3 nitrogen and oxygen atoms in total. The summed E-state index contributed by atoms with van der Waals surface area (Å²) in [7, 11) is 1.42. The van der Waals surface area contributed by atoms with E-state index in [9.17, 15) is 4.39 Å². The molecule has 0 aromatic heterocycles. The Morgan fingerprint density at radius 3 is 3.08 bits per heavy atom. The maximum atomic E-state index is 13.1. The second kappa shape index (κ2) is 2.88. The molecule has 0 amide bonds. The third-order valence-corrected chi connectivity index (χ3v) is 2.10. The van der Waals surface area contributed by atoms with Crippen LogP contribution in [-0.2, 0) is 0 Å². The minimum absolute atomic E-state index is 0.176. The number of halogens is 1. The lowest BCUT2D eigenvalue weighted by Crippen LogP contribution is -2.10. The van der Waals surface area contributed by atoms with Crippen LogP contribution in [0.5, 0.6) is 11.5 Å². The first-order valence-electron chi connectivity index (χ1n) is 3.98. The van der Waals surface area contributed by atoms with Crippen LogP contribution in [0.2, 0.25) is 0 Å². The van der Waals surface area contributed by atoms with Gasteiger partial charge in [0.05, 0.1) is 13.2 Å². The van der Waals surface area contributed by atoms with Gasteiger partial charge in [0.1, 0.15) is 12.4 Å². The molecule has 13 heavy (non-hydrogen) atoms. The van der Waals surface area contributed by atoms with E-state index in [4.69, 9.17) is 15.2 Å². The lowest BCUT2D eigenvalue weighted by molar-refractivity contribution is 0.331. The monoisotopic (exact) mass is 183 g/mol. The molecule has 0 unspecified atom stereocenters. The number of ether oxygens (including phenoxy) is 2. The van der Waals surface area contributed by atoms with Crippen LogP contribution in [0.3, 0.4) is 0 Å². The third-order valence-electron chi connectivity index (χ3n) is 2.10. The maximum absolute atomic E-state index is 13.1. The first-order chi connectivity index (χ1) is 6.22. The fourth-order valence-corrected chi connectivity index (χ4v) is 1.39. The minimum Gasteiger partial charge on any atom is -0.494 e. The molecule has 1 aromatic rings. The van der Waals surface area contributed by atoms with Gasteiger partial charge in [-0.25, -0.2) is 4.39 Å². The SMILES string of the molecule is COc1cc2c(cc1F)OC[C@H]2N. The van der Waals surface area contributed by atoms with Crippen LogP contribution in [0.15, 0.2) is 12.1 Å². The van der Waals surface area contributed by atoms with Crippen molar-refractivity contribution >= 4 is 0 Å². The van der Waals surface area contributed by atoms with Crippen LogP contribution in [0.25, 0.3) is 0 Å². The molecule has 2 rings (SSSR count). The van der Waals surface area contributed by atoms with Gasteiger partial charge in [-0.15, -0.1) is 0 Å². The fraction of sp³-hybridized carbons (Fsp3) is 0.333. The van der Waals surface area contributed by atoms with Crippen LogP contribution >= 0.6 is 0 Å². The van der Waals surface area contributed by atoms with Crippen molar-refractivity contribution in [1.29, 1.82) is 0 Å². The predicted molar refractivity (Wildman–Crippen MR) is 45.4 cm³/mol. The van der Waals surface area contributed by atoms with E-state index in [0.717, 1.165) is 5.56 Å². The summed E-state index contributed by atoms with van der Waals surface area (Å²) in [5.41, 5.74) is 6.52. The Bertz CT molecular complexity index is 341. The number of rotatable bonds is 1. The molecule has 1 aliphatic heterocycles. The van der Waals surface area contributed by atoms with E-state index in [1.54, 1.807) is 6.07 Å². The smallest absolute Gasteiger partial charge is 0.168 e. The summed E-state index contributed by atoms with van der Waals surface area (Å²) < 4.78 is 23.1. The summed E-state index contributed by atoms with van der Waals surface area (Å²) >= 11 is 0. The van der Waals surface area contributed by atoms with Gasteiger partial charge in [0, 0.05) is 11.6 Å². The van der Waals surface area contributed by atoms with Gasteiger partial charge < -0.3 is 15.2 Å². The number of hydrogen-bond donors (Lipinski definition) is 1. The third kappa shape index (κ3) is 1.23. The lowest BCUT2D eigenvalue weighted by Gasteiger charge is -2.05. The van der Waals surface area contributed by atoms with E-state index in [2.05, 4.69) is 0 Å². The first kappa shape index (κ1) is 8.31. The van der Waals surface area contributed by atoms with E-state index in [0.29, 0.717) is 12.4 Å². The lowest BCUT2D eigenvalue weighted by atomic mass is 10.1. The molecule has 1 aliphatic rings. The highest BCUT2D eigenvalue weighted by Crippen LogP contribution is 2.35. The zero-order valence-electron chi connectivity index (χ0n) is 7.21. The highest BCUT2D eigenvalue weighted by molar-refractivity contribution is 5.45. The van der Waals surface area contributed by atoms with Crippen molar-refractivity contribution in [2.75, 3.05) is 13.7 Å². The van der Waals surface area contributed by atoms with Crippen LogP contribution in [0.4, 0.5) is 4.39 Å². The van der Waals surface area contributed by atoms with Crippen molar-refractivity contribution in [2.24, 2.45) is 5.73 Å². The highest BCUT2D eigenvalue weighted by Gasteiger charge is 2.23. The van der Waals surface area contributed by atoms with Gasteiger partial charge in [0.25, 0.3) is 0 Å². The van der Waals surface area contributed by atoms with Gasteiger partial charge in [-0.05, 0) is 6.07 Å². The predicted octanol–water partition coefficient (Wildman–Crippen LogP) is 1.23. The second-order valence-electron chi connectivity index (χ2n) is 2.94. The van der Waals surface area contributed by atoms with Crippen LogP contribution in [0, 0.1) is 5.82 Å². The molecule has 70 valence electrons. The van der Waals surface area contributed by atoms with Crippen molar-refractivity contribution in [3.8, 4) is 11.5 Å². The Morgan fingerprint density at radius 1 is 1.62 bits per heavy atom. The zero-order chi connectivity index (χ0) is 9.42. The Balaban J connectivity index is 2.51. The molecule has 2 N–H and O–H groups in total. The van der Waals surface area contributed by atoms with Gasteiger partial charge in [-0.1, -0.05) is 0 Å². The highest BCUT2D eigenvalue weighted by atomic mass is 19.1. The standard InChI is InChI=1S/C9H10FNO2/c1-12-9-2-5-7(11)4-13-8(5)3-6(9)10/h2-3,7H,4,11H2,1H3/t7-/m1/s1. The number of fused-ring (bicyclic) bond motifs is 1. The van der Waals surface area contributed by atoms with Crippen molar-refractivity contribution in [3.63, 3.8) is 0 Å². The van der Waals surface area contributed by atoms with E-state index < -0.39 is 5.82 Å². The summed E-state index contributed by atoms with van der Waals surface area (Å²) in [4.78, 5) is 0. The van der Waals surface area contributed by atoms with Crippen molar-refractivity contribution in [2.45, 2.75) is 6.04 Å². The molecule has 4 heteroatoms. The van der Waals surface area contributed by atoms with Crippen molar-refractivity contribution in [3.05, 3.63) is 23.5 Å². The first-order valence-corrected chi connectivity index (χ1v) is 3.98. The number of methoxy groups -OCH3 is 1. The molecule has 0 fully saturated rings. The Hall–Kier alpha value is -1.29. The normalized spacial score (nSPS) is 19.5. The average molecular weight is 183 g/mol. The topological polar surface area (TPSA) is 44.5 Å². The van der Waals surface area contributed by atoms with Gasteiger partial charge in [-0.3, -0.25) is 0 Å². The summed E-state index contributed by atoms with van der Waals surface area (Å²) in [5, 5.41) is 0. The second-order valence-corrected chi connectivity index (χ2v) is 2.94. The van der Waals surface area contributed by atoms with Gasteiger partial charge in [-0.2, -0.15) is 0 Å². The summed E-state index contributed by atoms with van der Waals surface area (Å²) in [6, 6.07) is 2.72. The fourth-order valence-electron chi connectivity index (χ4n) is 1.39. The Labute approximate surface area is 75.3 Å². The molecule has 0 saturated heterocycles. The van der Waals surface area contributed by atoms with Crippen LogP contribution < -0.4 is 15.2 Å². The number of hydrogen-bond acceptors (Lipinski definition) is 3. The van der Waals surface area contributed by atoms with Crippen LogP contribution in [0.1, 0.15) is 11.6 Å². The van der Waals surface area contributed by atoms with Gasteiger partial charge >= 0.3 is 0 Å². The largest absolute Gasteiger partial charge is 0.494 e. The number of benzene rings is 1. The van der Waals surface area contributed by atoms with Gasteiger partial charge in [0.15, 0.2) is 11.6 Å². The van der Waals surface area contributed by atoms with Crippen LogP contribution in [-0.4, -0.2) is 13.7 Å². The van der Waals surface area contributed by atoms with E-state index >= 15 is 0 Å². The molecule has 1 heterocycles. The molecular weight excluding hydrogens is 173 g/mol.